The number of nitrogens with one attached hydrogen (secondary N) is 1. The van der Waals surface area contributed by atoms with Gasteiger partial charge in [0.05, 0.1) is 23.6 Å². The van der Waals surface area contributed by atoms with Gasteiger partial charge in [-0.1, -0.05) is 30.3 Å². The number of aromatic hydroxyl groups is 1. The molecule has 0 saturated carbocycles. The van der Waals surface area contributed by atoms with Gasteiger partial charge in [0.1, 0.15) is 6.42 Å². The summed E-state index contributed by atoms with van der Waals surface area (Å²) in [5.41, 5.74) is -0.158. The Bertz CT molecular complexity index is 1240. The number of benzene rings is 2. The number of anilines is 1. The number of aromatic nitrogens is 1. The number of carbonyl (C=O) groups is 4. The Kier molecular flexibility index (Phi) is 6.52. The minimum Gasteiger partial charge on any atom is -0.492 e. The molecule has 9 heteroatoms. The SMILES string of the molecule is COC(=O)CC(=O)Nc1ccc2c(C(=O)c3ccccc3)c(O)n(OC(=O)C(C)(C)C)c2c1. The van der Waals surface area contributed by atoms with E-state index in [-0.39, 0.29) is 16.8 Å². The molecule has 0 fully saturated rings. The third-order valence-electron chi connectivity index (χ3n) is 4.77. The zero-order chi connectivity index (χ0) is 24.3. The number of ketones is 1. The Morgan fingerprint density at radius 3 is 2.30 bits per heavy atom. The monoisotopic (exact) mass is 452 g/mol. The first-order valence-electron chi connectivity index (χ1n) is 10.1. The molecule has 0 saturated heterocycles. The Morgan fingerprint density at radius 1 is 1.03 bits per heavy atom. The van der Waals surface area contributed by atoms with E-state index in [0.717, 1.165) is 4.73 Å². The lowest BCUT2D eigenvalue weighted by molar-refractivity contribution is -0.153. The molecule has 1 heterocycles. The van der Waals surface area contributed by atoms with E-state index in [1.54, 1.807) is 51.1 Å². The fraction of sp³-hybridized carbons (Fsp3) is 0.250. The second-order valence-electron chi connectivity index (χ2n) is 8.35. The van der Waals surface area contributed by atoms with E-state index in [2.05, 4.69) is 10.1 Å². The zero-order valence-electron chi connectivity index (χ0n) is 18.7. The number of methoxy groups -OCH3 is 1. The maximum absolute atomic E-state index is 13.2. The van der Waals surface area contributed by atoms with Crippen molar-refractivity contribution >= 4 is 40.2 Å². The number of rotatable bonds is 6. The van der Waals surface area contributed by atoms with Gasteiger partial charge in [0.25, 0.3) is 0 Å². The third-order valence-corrected chi connectivity index (χ3v) is 4.77. The fourth-order valence-corrected chi connectivity index (χ4v) is 3.00. The Balaban J connectivity index is 2.11. The van der Waals surface area contributed by atoms with E-state index in [9.17, 15) is 24.3 Å². The summed E-state index contributed by atoms with van der Waals surface area (Å²) < 4.78 is 5.35. The van der Waals surface area contributed by atoms with Crippen LogP contribution in [0.4, 0.5) is 5.69 Å². The summed E-state index contributed by atoms with van der Waals surface area (Å²) in [6, 6.07) is 12.8. The van der Waals surface area contributed by atoms with Crippen LogP contribution in [0, 0.1) is 5.41 Å². The molecule has 0 radical (unpaired) electrons. The lowest BCUT2D eigenvalue weighted by atomic mass is 9.98. The first-order valence-corrected chi connectivity index (χ1v) is 10.1. The fourth-order valence-electron chi connectivity index (χ4n) is 3.00. The first-order chi connectivity index (χ1) is 15.5. The molecule has 0 aliphatic heterocycles. The van der Waals surface area contributed by atoms with Crippen LogP contribution in [0.25, 0.3) is 10.9 Å². The highest BCUT2D eigenvalue weighted by molar-refractivity contribution is 6.18. The molecule has 0 atom stereocenters. The number of esters is 1. The molecule has 172 valence electrons. The van der Waals surface area contributed by atoms with Gasteiger partial charge in [-0.05, 0) is 39.0 Å². The summed E-state index contributed by atoms with van der Waals surface area (Å²) in [6.45, 7) is 4.94. The van der Waals surface area contributed by atoms with Gasteiger partial charge >= 0.3 is 11.9 Å². The van der Waals surface area contributed by atoms with Crippen LogP contribution in [-0.2, 0) is 19.1 Å². The van der Waals surface area contributed by atoms with Crippen molar-refractivity contribution in [1.82, 2.24) is 4.73 Å². The summed E-state index contributed by atoms with van der Waals surface area (Å²) >= 11 is 0. The zero-order valence-corrected chi connectivity index (χ0v) is 18.7. The molecule has 0 unspecified atom stereocenters. The van der Waals surface area contributed by atoms with E-state index in [1.165, 1.54) is 25.3 Å². The maximum Gasteiger partial charge on any atom is 0.338 e. The van der Waals surface area contributed by atoms with Gasteiger partial charge in [-0.15, -0.1) is 4.73 Å². The number of carbonyl (C=O) groups excluding carboxylic acids is 4. The summed E-state index contributed by atoms with van der Waals surface area (Å²) in [5.74, 6) is -2.98. The molecule has 33 heavy (non-hydrogen) atoms. The Morgan fingerprint density at radius 2 is 1.70 bits per heavy atom. The second-order valence-corrected chi connectivity index (χ2v) is 8.35. The molecule has 0 bridgehead atoms. The average Bonchev–Trinajstić information content (AvgIpc) is 3.03. The number of amides is 1. The molecule has 1 aromatic heterocycles. The summed E-state index contributed by atoms with van der Waals surface area (Å²) in [7, 11) is 1.17. The number of hydrogen-bond acceptors (Lipinski definition) is 7. The van der Waals surface area contributed by atoms with E-state index >= 15 is 0 Å². The quantitative estimate of drug-likeness (QED) is 0.335. The predicted octanol–water partition coefficient (Wildman–Crippen LogP) is 3.08. The van der Waals surface area contributed by atoms with Gasteiger partial charge < -0.3 is 20.0 Å². The molecule has 2 aromatic carbocycles. The van der Waals surface area contributed by atoms with Crippen LogP contribution in [-0.4, -0.2) is 40.6 Å². The number of ether oxygens (including phenoxy) is 1. The van der Waals surface area contributed by atoms with Crippen molar-refractivity contribution in [3.8, 4) is 5.88 Å². The summed E-state index contributed by atoms with van der Waals surface area (Å²) in [6.07, 6.45) is -0.489. The highest BCUT2D eigenvalue weighted by Crippen LogP contribution is 2.34. The van der Waals surface area contributed by atoms with Crippen molar-refractivity contribution < 1.29 is 33.9 Å². The van der Waals surface area contributed by atoms with Gasteiger partial charge in [0.2, 0.25) is 11.8 Å². The van der Waals surface area contributed by atoms with Gasteiger partial charge in [-0.3, -0.25) is 14.4 Å². The number of hydrogen-bond donors (Lipinski definition) is 2. The van der Waals surface area contributed by atoms with Gasteiger partial charge in [-0.2, -0.15) is 0 Å². The van der Waals surface area contributed by atoms with Crippen LogP contribution in [0.3, 0.4) is 0 Å². The molecule has 3 rings (SSSR count). The van der Waals surface area contributed by atoms with Crippen molar-refractivity contribution in [2.75, 3.05) is 12.4 Å². The van der Waals surface area contributed by atoms with Gasteiger partial charge in [0, 0.05) is 16.6 Å². The number of fused-ring (bicyclic) bond motifs is 1. The molecule has 0 aliphatic carbocycles. The molecule has 3 aromatic rings. The van der Waals surface area contributed by atoms with Crippen LogP contribution < -0.4 is 10.2 Å². The topological polar surface area (TPSA) is 124 Å². The van der Waals surface area contributed by atoms with E-state index in [4.69, 9.17) is 4.84 Å². The van der Waals surface area contributed by atoms with Crippen molar-refractivity contribution in [1.29, 1.82) is 0 Å². The maximum atomic E-state index is 13.2. The molecular formula is C24H24N2O7. The Hall–Kier alpha value is -4.14. The molecular weight excluding hydrogens is 428 g/mol. The first kappa shape index (κ1) is 23.5. The third kappa shape index (κ3) is 5.03. The van der Waals surface area contributed by atoms with Gasteiger partial charge in [0.15, 0.2) is 5.78 Å². The standard InChI is InChI=1S/C24H24N2O7/c1-24(2,3)23(31)33-26-17-12-15(25-18(27)13-19(28)32-4)10-11-16(17)20(22(26)30)21(29)14-8-6-5-7-9-14/h5-12,30H,13H2,1-4H3,(H,25,27). The van der Waals surface area contributed by atoms with Crippen LogP contribution in [0.2, 0.25) is 0 Å². The van der Waals surface area contributed by atoms with Crippen molar-refractivity contribution in [3.05, 3.63) is 59.7 Å². The van der Waals surface area contributed by atoms with E-state index in [0.29, 0.717) is 10.9 Å². The minimum atomic E-state index is -0.890. The summed E-state index contributed by atoms with van der Waals surface area (Å²) in [4.78, 5) is 54.5. The average molecular weight is 452 g/mol. The van der Waals surface area contributed by atoms with Crippen molar-refractivity contribution in [2.45, 2.75) is 27.2 Å². The summed E-state index contributed by atoms with van der Waals surface area (Å²) in [5, 5.41) is 13.8. The molecule has 9 nitrogen and oxygen atoms in total. The molecule has 0 spiro atoms. The number of nitrogens with zero attached hydrogens (tertiary/aromatic N) is 1. The van der Waals surface area contributed by atoms with Crippen LogP contribution >= 0.6 is 0 Å². The van der Waals surface area contributed by atoms with Crippen molar-refractivity contribution in [3.63, 3.8) is 0 Å². The van der Waals surface area contributed by atoms with E-state index < -0.39 is 41.3 Å². The van der Waals surface area contributed by atoms with Crippen LogP contribution in [0.5, 0.6) is 5.88 Å². The molecule has 1 amide bonds. The van der Waals surface area contributed by atoms with Crippen molar-refractivity contribution in [2.24, 2.45) is 5.41 Å². The smallest absolute Gasteiger partial charge is 0.338 e. The Labute approximate surface area is 189 Å². The van der Waals surface area contributed by atoms with Crippen LogP contribution in [0.15, 0.2) is 48.5 Å². The molecule has 0 aliphatic rings. The molecule has 2 N–H and O–H groups in total. The lowest BCUT2D eigenvalue weighted by Gasteiger charge is -2.17. The van der Waals surface area contributed by atoms with E-state index in [1.807, 2.05) is 0 Å². The predicted molar refractivity (Wildman–Crippen MR) is 120 cm³/mol. The minimum absolute atomic E-state index is 0.0506. The van der Waals surface area contributed by atoms with Crippen LogP contribution in [0.1, 0.15) is 43.1 Å². The van der Waals surface area contributed by atoms with Gasteiger partial charge in [-0.25, -0.2) is 4.79 Å². The lowest BCUT2D eigenvalue weighted by Crippen LogP contribution is -2.31. The second kappa shape index (κ2) is 9.15. The normalized spacial score (nSPS) is 11.2. The highest BCUT2D eigenvalue weighted by atomic mass is 16.7. The highest BCUT2D eigenvalue weighted by Gasteiger charge is 2.30. The largest absolute Gasteiger partial charge is 0.492 e.